The topological polar surface area (TPSA) is 39.9 Å². The van der Waals surface area contributed by atoms with Crippen LogP contribution in [0.2, 0.25) is 0 Å². The van der Waals surface area contributed by atoms with Crippen molar-refractivity contribution in [2.24, 2.45) is 0 Å². The molecule has 0 atom stereocenters. The molecule has 102 valence electrons. The minimum atomic E-state index is -0.303. The molecule has 3 nitrogen and oxygen atoms in total. The van der Waals surface area contributed by atoms with Gasteiger partial charge in [0.1, 0.15) is 11.3 Å². The van der Waals surface area contributed by atoms with Crippen LogP contribution in [-0.4, -0.2) is 23.0 Å². The zero-order chi connectivity index (χ0) is 14.1. The molecule has 1 aromatic heterocycles. The van der Waals surface area contributed by atoms with Crippen LogP contribution in [0.3, 0.4) is 0 Å². The molecule has 1 aliphatic rings. The third-order valence-electron chi connectivity index (χ3n) is 4.02. The minimum absolute atomic E-state index is 0.303. The van der Waals surface area contributed by atoms with E-state index in [-0.39, 0.29) is 5.82 Å². The van der Waals surface area contributed by atoms with E-state index in [4.69, 9.17) is 5.26 Å². The van der Waals surface area contributed by atoms with E-state index in [0.717, 1.165) is 48.3 Å². The Morgan fingerprint density at radius 1 is 1.45 bits per heavy atom. The van der Waals surface area contributed by atoms with Crippen molar-refractivity contribution < 1.29 is 4.39 Å². The van der Waals surface area contributed by atoms with E-state index >= 15 is 0 Å². The maximum atomic E-state index is 14.0. The summed E-state index contributed by atoms with van der Waals surface area (Å²) in [6, 6.07) is 7.19. The molecule has 0 saturated carbocycles. The Kier molecular flexibility index (Phi) is 3.37. The van der Waals surface area contributed by atoms with Gasteiger partial charge in [-0.3, -0.25) is 4.90 Å². The van der Waals surface area contributed by atoms with Gasteiger partial charge in [0.2, 0.25) is 0 Å². The summed E-state index contributed by atoms with van der Waals surface area (Å²) < 4.78 is 14.0. The first-order chi connectivity index (χ1) is 9.74. The third kappa shape index (κ3) is 2.04. The van der Waals surface area contributed by atoms with Crippen LogP contribution in [0.1, 0.15) is 23.7 Å². The van der Waals surface area contributed by atoms with Gasteiger partial charge in [0.15, 0.2) is 0 Å². The molecule has 0 spiro atoms. The van der Waals surface area contributed by atoms with E-state index in [2.05, 4.69) is 22.9 Å². The summed E-state index contributed by atoms with van der Waals surface area (Å²) in [5.41, 5.74) is 3.43. The van der Waals surface area contributed by atoms with E-state index in [1.54, 1.807) is 6.07 Å². The molecule has 0 fully saturated rings. The number of aromatic nitrogens is 1. The Labute approximate surface area is 117 Å². The molecule has 2 aromatic rings. The van der Waals surface area contributed by atoms with Crippen LogP contribution in [0.15, 0.2) is 18.2 Å². The van der Waals surface area contributed by atoms with Crippen molar-refractivity contribution in [1.82, 2.24) is 9.88 Å². The number of nitriles is 1. The van der Waals surface area contributed by atoms with Crippen LogP contribution in [0, 0.1) is 17.1 Å². The normalized spacial score (nSPS) is 15.1. The fraction of sp³-hybridized carbons (Fsp3) is 0.375. The number of hydrogen-bond acceptors (Lipinski definition) is 3. The van der Waals surface area contributed by atoms with Crippen LogP contribution in [0.5, 0.6) is 0 Å². The largest absolute Gasteiger partial charge is 0.299 e. The van der Waals surface area contributed by atoms with Gasteiger partial charge in [-0.1, -0.05) is 19.1 Å². The maximum absolute atomic E-state index is 14.0. The zero-order valence-corrected chi connectivity index (χ0v) is 11.5. The summed E-state index contributed by atoms with van der Waals surface area (Å²) >= 11 is 0. The van der Waals surface area contributed by atoms with Crippen LogP contribution in [0.4, 0.5) is 4.39 Å². The second-order valence-corrected chi connectivity index (χ2v) is 5.11. The lowest BCUT2D eigenvalue weighted by Gasteiger charge is -2.29. The van der Waals surface area contributed by atoms with Gasteiger partial charge in [-0.05, 0) is 23.7 Å². The van der Waals surface area contributed by atoms with Gasteiger partial charge in [0.05, 0.1) is 12.5 Å². The van der Waals surface area contributed by atoms with Gasteiger partial charge in [-0.25, -0.2) is 9.37 Å². The summed E-state index contributed by atoms with van der Waals surface area (Å²) in [4.78, 5) is 6.85. The predicted octanol–water partition coefficient (Wildman–Crippen LogP) is 2.82. The summed E-state index contributed by atoms with van der Waals surface area (Å²) in [5.74, 6) is -0.303. The molecule has 0 radical (unpaired) electrons. The maximum Gasteiger partial charge on any atom is 0.149 e. The van der Waals surface area contributed by atoms with E-state index < -0.39 is 0 Å². The second-order valence-electron chi connectivity index (χ2n) is 5.11. The quantitative estimate of drug-likeness (QED) is 0.841. The summed E-state index contributed by atoms with van der Waals surface area (Å²) in [5, 5.41) is 9.88. The third-order valence-corrected chi connectivity index (χ3v) is 4.02. The average Bonchev–Trinajstić information content (AvgIpc) is 2.48. The highest BCUT2D eigenvalue weighted by Gasteiger charge is 2.22. The Morgan fingerprint density at radius 2 is 2.30 bits per heavy atom. The molecule has 0 aliphatic carbocycles. The predicted molar refractivity (Wildman–Crippen MR) is 75.7 cm³/mol. The van der Waals surface area contributed by atoms with Crippen LogP contribution in [0.25, 0.3) is 10.9 Å². The van der Waals surface area contributed by atoms with E-state index in [0.29, 0.717) is 11.9 Å². The lowest BCUT2D eigenvalue weighted by Crippen LogP contribution is -2.31. The van der Waals surface area contributed by atoms with Gasteiger partial charge in [-0.2, -0.15) is 5.26 Å². The fourth-order valence-electron chi connectivity index (χ4n) is 2.92. The van der Waals surface area contributed by atoms with Gasteiger partial charge in [-0.15, -0.1) is 0 Å². The number of para-hydroxylation sites is 1. The molecule has 1 aromatic carbocycles. The molecule has 2 heterocycles. The fourth-order valence-corrected chi connectivity index (χ4v) is 2.92. The van der Waals surface area contributed by atoms with E-state index in [1.807, 2.05) is 6.07 Å². The summed E-state index contributed by atoms with van der Waals surface area (Å²) in [6.45, 7) is 4.86. The van der Waals surface area contributed by atoms with Gasteiger partial charge < -0.3 is 0 Å². The Morgan fingerprint density at radius 3 is 3.05 bits per heavy atom. The second kappa shape index (κ2) is 5.18. The lowest BCUT2D eigenvalue weighted by molar-refractivity contribution is 0.265. The first kappa shape index (κ1) is 13.0. The van der Waals surface area contributed by atoms with Crippen molar-refractivity contribution in [2.45, 2.75) is 26.3 Å². The van der Waals surface area contributed by atoms with Gasteiger partial charge >= 0.3 is 0 Å². The number of halogens is 1. The number of pyridine rings is 1. The van der Waals surface area contributed by atoms with Crippen molar-refractivity contribution in [2.75, 3.05) is 13.1 Å². The highest BCUT2D eigenvalue weighted by molar-refractivity contribution is 5.84. The molecule has 0 amide bonds. The van der Waals surface area contributed by atoms with Crippen molar-refractivity contribution in [3.8, 4) is 6.07 Å². The summed E-state index contributed by atoms with van der Waals surface area (Å²) in [6.07, 6.45) is 1.13. The highest BCUT2D eigenvalue weighted by atomic mass is 19.1. The zero-order valence-electron chi connectivity index (χ0n) is 11.5. The molecule has 4 heteroatoms. The van der Waals surface area contributed by atoms with Crippen molar-refractivity contribution in [3.63, 3.8) is 0 Å². The van der Waals surface area contributed by atoms with E-state index in [1.165, 1.54) is 6.07 Å². The Balaban J connectivity index is 2.27. The van der Waals surface area contributed by atoms with Crippen LogP contribution >= 0.6 is 0 Å². The molecule has 0 N–H and O–H groups in total. The molecular weight excluding hydrogens is 253 g/mol. The highest BCUT2D eigenvalue weighted by Crippen LogP contribution is 2.29. The van der Waals surface area contributed by atoms with Gasteiger partial charge in [0, 0.05) is 30.6 Å². The minimum Gasteiger partial charge on any atom is -0.299 e. The molecule has 3 rings (SSSR count). The average molecular weight is 269 g/mol. The standard InChI is InChI=1S/C16H16FN3/c1-2-20-9-7-15-13(10-20)11(6-8-18)12-4-3-5-14(17)16(12)19-15/h3-5H,2,6-7,9-10H2,1H3. The van der Waals surface area contributed by atoms with Crippen LogP contribution < -0.4 is 0 Å². The molecular formula is C16H16FN3. The Hall–Kier alpha value is -1.99. The number of benzene rings is 1. The molecule has 20 heavy (non-hydrogen) atoms. The van der Waals surface area contributed by atoms with Gasteiger partial charge in [0.25, 0.3) is 0 Å². The van der Waals surface area contributed by atoms with Crippen molar-refractivity contribution >= 4 is 10.9 Å². The smallest absolute Gasteiger partial charge is 0.149 e. The number of rotatable bonds is 2. The number of nitrogens with zero attached hydrogens (tertiary/aromatic N) is 3. The lowest BCUT2D eigenvalue weighted by atomic mass is 9.94. The molecule has 0 unspecified atom stereocenters. The monoisotopic (exact) mass is 269 g/mol. The first-order valence-electron chi connectivity index (χ1n) is 6.92. The SMILES string of the molecule is CCN1CCc2nc3c(F)cccc3c(CC#N)c2C1. The summed E-state index contributed by atoms with van der Waals surface area (Å²) in [7, 11) is 0. The van der Waals surface area contributed by atoms with Crippen molar-refractivity contribution in [1.29, 1.82) is 5.26 Å². The van der Waals surface area contributed by atoms with E-state index in [9.17, 15) is 4.39 Å². The number of likely N-dealkylation sites (N-methyl/N-ethyl adjacent to an activating group) is 1. The first-order valence-corrected chi connectivity index (χ1v) is 6.92. The number of hydrogen-bond donors (Lipinski definition) is 0. The molecule has 1 aliphatic heterocycles. The van der Waals surface area contributed by atoms with Crippen LogP contribution in [-0.2, 0) is 19.4 Å². The molecule has 0 bridgehead atoms. The molecule has 0 saturated heterocycles. The van der Waals surface area contributed by atoms with Crippen molar-refractivity contribution in [3.05, 3.63) is 40.8 Å². The Bertz CT molecular complexity index is 703. The number of fused-ring (bicyclic) bond motifs is 2.